The molecule has 1 saturated carbocycles. The number of hydrogen-bond acceptors (Lipinski definition) is 4. The van der Waals surface area contributed by atoms with Crippen LogP contribution in [-0.2, 0) is 16.1 Å². The molecule has 5 nitrogen and oxygen atoms in total. The van der Waals surface area contributed by atoms with Crippen LogP contribution in [0.4, 0.5) is 0 Å². The van der Waals surface area contributed by atoms with E-state index >= 15 is 0 Å². The summed E-state index contributed by atoms with van der Waals surface area (Å²) in [5.41, 5.74) is 0. The minimum atomic E-state index is -0.382. The summed E-state index contributed by atoms with van der Waals surface area (Å²) in [5.74, 6) is 0.766. The molecule has 2 heterocycles. The summed E-state index contributed by atoms with van der Waals surface area (Å²) in [6, 6.07) is -0.683. The molecule has 2 amide bonds. The number of nitrogens with zero attached hydrogens (tertiary/aromatic N) is 2. The molecule has 2 fully saturated rings. The maximum Gasteiger partial charge on any atom is 0.246 e. The highest BCUT2D eigenvalue weighted by molar-refractivity contribution is 7.09. The fourth-order valence-corrected chi connectivity index (χ4v) is 3.58. The molecule has 114 valence electrons. The number of hydrogen-bond donors (Lipinski definition) is 1. The molecule has 0 spiro atoms. The highest BCUT2D eigenvalue weighted by atomic mass is 32.1. The Kier molecular flexibility index (Phi) is 3.97. The summed E-state index contributed by atoms with van der Waals surface area (Å²) in [5, 5.41) is 5.73. The number of aromatic nitrogens is 1. The van der Waals surface area contributed by atoms with E-state index in [4.69, 9.17) is 0 Å². The first-order chi connectivity index (χ1) is 10.1. The minimum Gasteiger partial charge on any atom is -0.342 e. The van der Waals surface area contributed by atoms with Gasteiger partial charge in [-0.25, -0.2) is 4.98 Å². The summed E-state index contributed by atoms with van der Waals surface area (Å²) in [4.78, 5) is 31.2. The maximum atomic E-state index is 12.8. The zero-order valence-corrected chi connectivity index (χ0v) is 13.2. The van der Waals surface area contributed by atoms with Crippen molar-refractivity contribution < 1.29 is 9.59 Å². The SMILES string of the molecule is CC(C)CC1NC(=O)C(C2CC2)N(Cc2nccs2)C1=O. The second-order valence-electron chi connectivity index (χ2n) is 6.36. The molecule has 0 radical (unpaired) electrons. The van der Waals surface area contributed by atoms with E-state index < -0.39 is 0 Å². The zero-order chi connectivity index (χ0) is 15.0. The topological polar surface area (TPSA) is 62.3 Å². The molecule has 21 heavy (non-hydrogen) atoms. The van der Waals surface area contributed by atoms with Gasteiger partial charge in [-0.05, 0) is 31.1 Å². The second kappa shape index (κ2) is 5.75. The van der Waals surface area contributed by atoms with Crippen LogP contribution in [0.3, 0.4) is 0 Å². The Morgan fingerprint density at radius 2 is 2.19 bits per heavy atom. The average molecular weight is 307 g/mol. The molecular weight excluding hydrogens is 286 g/mol. The van der Waals surface area contributed by atoms with E-state index in [1.54, 1.807) is 11.1 Å². The normalized spacial score (nSPS) is 26.3. The molecule has 1 aliphatic heterocycles. The van der Waals surface area contributed by atoms with Crippen molar-refractivity contribution in [3.05, 3.63) is 16.6 Å². The number of amides is 2. The third kappa shape index (κ3) is 3.10. The number of piperazine rings is 1. The van der Waals surface area contributed by atoms with Gasteiger partial charge < -0.3 is 10.2 Å². The average Bonchev–Trinajstić information content (AvgIpc) is 3.11. The third-order valence-corrected chi connectivity index (χ3v) is 4.83. The Balaban J connectivity index is 1.81. The zero-order valence-electron chi connectivity index (χ0n) is 12.4. The minimum absolute atomic E-state index is 0.0132. The summed E-state index contributed by atoms with van der Waals surface area (Å²) < 4.78 is 0. The number of thiazole rings is 1. The first-order valence-corrected chi connectivity index (χ1v) is 8.43. The largest absolute Gasteiger partial charge is 0.342 e. The van der Waals surface area contributed by atoms with Gasteiger partial charge in [0.1, 0.15) is 17.1 Å². The molecule has 2 aliphatic rings. The highest BCUT2D eigenvalue weighted by Gasteiger charge is 2.47. The lowest BCUT2D eigenvalue weighted by Gasteiger charge is -2.39. The Morgan fingerprint density at radius 3 is 2.76 bits per heavy atom. The molecule has 0 bridgehead atoms. The molecule has 2 atom stereocenters. The van der Waals surface area contributed by atoms with E-state index in [1.165, 1.54) is 11.3 Å². The summed E-state index contributed by atoms with van der Waals surface area (Å²) in [6.45, 7) is 4.59. The van der Waals surface area contributed by atoms with Gasteiger partial charge in [0.15, 0.2) is 0 Å². The van der Waals surface area contributed by atoms with Crippen LogP contribution < -0.4 is 5.32 Å². The van der Waals surface area contributed by atoms with Gasteiger partial charge in [0, 0.05) is 11.6 Å². The van der Waals surface area contributed by atoms with Crippen LogP contribution in [0.1, 0.15) is 38.1 Å². The van der Waals surface area contributed by atoms with Crippen LogP contribution in [0, 0.1) is 11.8 Å². The summed E-state index contributed by atoms with van der Waals surface area (Å²) in [6.07, 6.45) is 4.51. The Morgan fingerprint density at radius 1 is 1.43 bits per heavy atom. The lowest BCUT2D eigenvalue weighted by Crippen LogP contribution is -2.63. The van der Waals surface area contributed by atoms with E-state index in [-0.39, 0.29) is 23.9 Å². The van der Waals surface area contributed by atoms with E-state index in [0.717, 1.165) is 17.8 Å². The van der Waals surface area contributed by atoms with Crippen molar-refractivity contribution in [2.24, 2.45) is 11.8 Å². The van der Waals surface area contributed by atoms with Crippen LogP contribution in [0.5, 0.6) is 0 Å². The van der Waals surface area contributed by atoms with Gasteiger partial charge in [0.2, 0.25) is 11.8 Å². The van der Waals surface area contributed by atoms with Crippen LogP contribution in [0.2, 0.25) is 0 Å². The van der Waals surface area contributed by atoms with Gasteiger partial charge in [0.25, 0.3) is 0 Å². The van der Waals surface area contributed by atoms with Crippen LogP contribution in [0.25, 0.3) is 0 Å². The fraction of sp³-hybridized carbons (Fsp3) is 0.667. The van der Waals surface area contributed by atoms with Crippen molar-refractivity contribution in [2.75, 3.05) is 0 Å². The Bertz CT molecular complexity index is 525. The lowest BCUT2D eigenvalue weighted by molar-refractivity contribution is -0.151. The van der Waals surface area contributed by atoms with Crippen molar-refractivity contribution in [3.8, 4) is 0 Å². The molecule has 1 aromatic rings. The fourth-order valence-electron chi connectivity index (χ4n) is 2.96. The molecule has 1 N–H and O–H groups in total. The third-order valence-electron chi connectivity index (χ3n) is 4.07. The van der Waals surface area contributed by atoms with Crippen molar-refractivity contribution >= 4 is 23.2 Å². The molecule has 1 aromatic heterocycles. The highest BCUT2D eigenvalue weighted by Crippen LogP contribution is 2.38. The smallest absolute Gasteiger partial charge is 0.246 e. The number of carbonyl (C=O) groups excluding carboxylic acids is 2. The first-order valence-electron chi connectivity index (χ1n) is 7.55. The van der Waals surface area contributed by atoms with E-state index in [0.29, 0.717) is 24.8 Å². The summed E-state index contributed by atoms with van der Waals surface area (Å²) in [7, 11) is 0. The monoisotopic (exact) mass is 307 g/mol. The molecule has 1 aliphatic carbocycles. The van der Waals surface area contributed by atoms with Crippen molar-refractivity contribution in [1.29, 1.82) is 0 Å². The molecule has 6 heteroatoms. The molecule has 3 rings (SSSR count). The molecule has 0 aromatic carbocycles. The predicted octanol–water partition coefficient (Wildman–Crippen LogP) is 1.79. The second-order valence-corrected chi connectivity index (χ2v) is 7.34. The van der Waals surface area contributed by atoms with Crippen molar-refractivity contribution in [2.45, 2.75) is 51.7 Å². The first kappa shape index (κ1) is 14.5. The van der Waals surface area contributed by atoms with Gasteiger partial charge in [-0.15, -0.1) is 11.3 Å². The van der Waals surface area contributed by atoms with Crippen LogP contribution in [0.15, 0.2) is 11.6 Å². The van der Waals surface area contributed by atoms with Crippen LogP contribution in [-0.4, -0.2) is 33.8 Å². The van der Waals surface area contributed by atoms with E-state index in [2.05, 4.69) is 24.1 Å². The van der Waals surface area contributed by atoms with Gasteiger partial charge in [-0.3, -0.25) is 9.59 Å². The Labute approximate surface area is 128 Å². The van der Waals surface area contributed by atoms with Gasteiger partial charge in [0.05, 0.1) is 6.54 Å². The molecular formula is C15H21N3O2S. The number of carbonyl (C=O) groups is 2. The maximum absolute atomic E-state index is 12.8. The van der Waals surface area contributed by atoms with Crippen molar-refractivity contribution in [3.63, 3.8) is 0 Å². The van der Waals surface area contributed by atoms with Gasteiger partial charge in [-0.1, -0.05) is 13.8 Å². The number of nitrogens with one attached hydrogen (secondary N) is 1. The predicted molar refractivity (Wildman–Crippen MR) is 80.6 cm³/mol. The lowest BCUT2D eigenvalue weighted by atomic mass is 9.97. The quantitative estimate of drug-likeness (QED) is 0.902. The van der Waals surface area contributed by atoms with Crippen LogP contribution >= 0.6 is 11.3 Å². The van der Waals surface area contributed by atoms with Gasteiger partial charge >= 0.3 is 0 Å². The van der Waals surface area contributed by atoms with Crippen molar-refractivity contribution in [1.82, 2.24) is 15.2 Å². The summed E-state index contributed by atoms with van der Waals surface area (Å²) >= 11 is 1.53. The molecule has 2 unspecified atom stereocenters. The Hall–Kier alpha value is -1.43. The van der Waals surface area contributed by atoms with E-state index in [1.807, 2.05) is 5.38 Å². The number of rotatable bonds is 5. The van der Waals surface area contributed by atoms with E-state index in [9.17, 15) is 9.59 Å². The standard InChI is InChI=1S/C15H21N3O2S/c1-9(2)7-11-15(20)18(8-12-16-5-6-21-12)13(10-3-4-10)14(19)17-11/h5-6,9-11,13H,3-4,7-8H2,1-2H3,(H,17,19). The van der Waals surface area contributed by atoms with Gasteiger partial charge in [-0.2, -0.15) is 0 Å². The molecule has 1 saturated heterocycles.